The fraction of sp³-hybridized carbons (Fsp3) is 0.636. The minimum Gasteiger partial charge on any atom is -0.379 e. The van der Waals surface area contributed by atoms with E-state index in [1.165, 1.54) is 16.8 Å². The van der Waals surface area contributed by atoms with Gasteiger partial charge in [0.15, 0.2) is 0 Å². The largest absolute Gasteiger partial charge is 0.379 e. The van der Waals surface area contributed by atoms with E-state index in [0.29, 0.717) is 26.3 Å². The normalized spacial score (nSPS) is 22.6. The number of nitrogens with one attached hydrogen (secondary N) is 2. The third-order valence-electron chi connectivity index (χ3n) is 6.28. The molecule has 0 bridgehead atoms. The number of likely N-dealkylation sites (N-methyl/N-ethyl adjacent to an activating group) is 1. The van der Waals surface area contributed by atoms with E-state index < -0.39 is 11.8 Å². The second-order valence-corrected chi connectivity index (χ2v) is 8.28. The van der Waals surface area contributed by atoms with Gasteiger partial charge in [-0.2, -0.15) is 0 Å². The van der Waals surface area contributed by atoms with E-state index in [0.717, 1.165) is 45.5 Å². The molecule has 2 N–H and O–H groups in total. The van der Waals surface area contributed by atoms with Gasteiger partial charge in [0.1, 0.15) is 0 Å². The molecule has 0 unspecified atom stereocenters. The van der Waals surface area contributed by atoms with Crippen LogP contribution in [0.5, 0.6) is 0 Å². The molecule has 3 aliphatic rings. The van der Waals surface area contributed by atoms with Gasteiger partial charge in [-0.3, -0.25) is 14.5 Å². The van der Waals surface area contributed by atoms with E-state index in [9.17, 15) is 9.59 Å². The Hall–Kier alpha value is -2.16. The van der Waals surface area contributed by atoms with Crippen LogP contribution in [-0.2, 0) is 25.5 Å². The van der Waals surface area contributed by atoms with Crippen molar-refractivity contribution in [3.05, 3.63) is 29.3 Å². The van der Waals surface area contributed by atoms with Gasteiger partial charge in [-0.05, 0) is 36.5 Å². The van der Waals surface area contributed by atoms with Gasteiger partial charge < -0.3 is 25.0 Å². The number of hydrogen-bond acceptors (Lipinski definition) is 6. The Labute approximate surface area is 177 Å². The van der Waals surface area contributed by atoms with Gasteiger partial charge >= 0.3 is 11.8 Å². The molecule has 0 aliphatic carbocycles. The Balaban J connectivity index is 1.39. The molecule has 2 saturated heterocycles. The highest BCUT2D eigenvalue weighted by molar-refractivity contribution is 6.35. The third-order valence-corrected chi connectivity index (χ3v) is 6.28. The summed E-state index contributed by atoms with van der Waals surface area (Å²) in [6.07, 6.45) is 2.99. The van der Waals surface area contributed by atoms with Crippen LogP contribution in [0.2, 0.25) is 0 Å². The van der Waals surface area contributed by atoms with Crippen LogP contribution >= 0.6 is 0 Å². The molecule has 8 nitrogen and oxygen atoms in total. The van der Waals surface area contributed by atoms with Crippen LogP contribution in [0.4, 0.5) is 5.69 Å². The lowest BCUT2D eigenvalue weighted by Gasteiger charge is -2.35. The van der Waals surface area contributed by atoms with Gasteiger partial charge in [0, 0.05) is 52.1 Å². The summed E-state index contributed by atoms with van der Waals surface area (Å²) >= 11 is 0. The molecular weight excluding hydrogens is 384 g/mol. The quantitative estimate of drug-likeness (QED) is 0.656. The predicted octanol–water partition coefficient (Wildman–Crippen LogP) is 0.464. The average Bonchev–Trinajstić information content (AvgIpc) is 3.42. The Bertz CT molecular complexity index is 760. The Morgan fingerprint density at radius 2 is 1.93 bits per heavy atom. The molecule has 3 aliphatic heterocycles. The van der Waals surface area contributed by atoms with Crippen molar-refractivity contribution in [1.82, 2.24) is 15.5 Å². The molecule has 0 radical (unpaired) electrons. The first-order valence-electron chi connectivity index (χ1n) is 10.9. The van der Waals surface area contributed by atoms with Crippen molar-refractivity contribution in [2.75, 3.05) is 64.5 Å². The lowest BCUT2D eigenvalue weighted by molar-refractivity contribution is -0.139. The SMILES string of the molecule is CN1CCc2cc([C@H](CNC(=O)C(=O)NC[C@H]3CCCO3)N3CCOCC3)ccc21. The Morgan fingerprint density at radius 3 is 2.70 bits per heavy atom. The lowest BCUT2D eigenvalue weighted by atomic mass is 10.0. The maximum Gasteiger partial charge on any atom is 0.309 e. The van der Waals surface area contributed by atoms with Crippen molar-refractivity contribution in [2.45, 2.75) is 31.4 Å². The molecule has 164 valence electrons. The standard InChI is InChI=1S/C22H32N4O4/c1-25-7-6-17-13-16(4-5-19(17)25)20(26-8-11-29-12-9-26)15-24-22(28)21(27)23-14-18-3-2-10-30-18/h4-5,13,18,20H,2-3,6-12,14-15H2,1H3,(H,23,27)(H,24,28)/t18-,20+/m1/s1. The monoisotopic (exact) mass is 416 g/mol. The number of carbonyl (C=O) groups is 2. The molecule has 2 amide bonds. The van der Waals surface area contributed by atoms with E-state index in [1.54, 1.807) is 0 Å². The Morgan fingerprint density at radius 1 is 1.13 bits per heavy atom. The molecule has 30 heavy (non-hydrogen) atoms. The maximum atomic E-state index is 12.4. The van der Waals surface area contributed by atoms with E-state index in [1.807, 2.05) is 0 Å². The van der Waals surface area contributed by atoms with Crippen LogP contribution in [-0.4, -0.2) is 82.4 Å². The number of anilines is 1. The molecule has 8 heteroatoms. The molecular formula is C22H32N4O4. The van der Waals surface area contributed by atoms with E-state index >= 15 is 0 Å². The van der Waals surface area contributed by atoms with Crippen molar-refractivity contribution in [3.8, 4) is 0 Å². The van der Waals surface area contributed by atoms with E-state index in [-0.39, 0.29) is 12.1 Å². The predicted molar refractivity (Wildman–Crippen MR) is 114 cm³/mol. The van der Waals surface area contributed by atoms with Gasteiger partial charge in [0.2, 0.25) is 0 Å². The highest BCUT2D eigenvalue weighted by atomic mass is 16.5. The van der Waals surface area contributed by atoms with Gasteiger partial charge in [0.05, 0.1) is 25.4 Å². The fourth-order valence-corrected chi connectivity index (χ4v) is 4.50. The summed E-state index contributed by atoms with van der Waals surface area (Å²) < 4.78 is 11.0. The fourth-order valence-electron chi connectivity index (χ4n) is 4.50. The number of hydrogen-bond donors (Lipinski definition) is 2. The molecule has 3 heterocycles. The number of ether oxygens (including phenoxy) is 2. The number of fused-ring (bicyclic) bond motifs is 1. The van der Waals surface area contributed by atoms with Gasteiger partial charge in [0.25, 0.3) is 0 Å². The van der Waals surface area contributed by atoms with Crippen LogP contribution in [0.1, 0.15) is 30.0 Å². The van der Waals surface area contributed by atoms with Crippen LogP contribution < -0.4 is 15.5 Å². The van der Waals surface area contributed by atoms with Crippen molar-refractivity contribution in [3.63, 3.8) is 0 Å². The lowest BCUT2D eigenvalue weighted by Crippen LogP contribution is -2.47. The number of morpholine rings is 1. The van der Waals surface area contributed by atoms with Crippen molar-refractivity contribution in [1.29, 1.82) is 0 Å². The van der Waals surface area contributed by atoms with Crippen LogP contribution in [0, 0.1) is 0 Å². The summed E-state index contributed by atoms with van der Waals surface area (Å²) in [5, 5.41) is 5.54. The maximum absolute atomic E-state index is 12.4. The minimum absolute atomic E-state index is 0.0139. The molecule has 2 atom stereocenters. The summed E-state index contributed by atoms with van der Waals surface area (Å²) in [5.74, 6) is -1.19. The van der Waals surface area contributed by atoms with Crippen molar-refractivity contribution in [2.24, 2.45) is 0 Å². The second-order valence-electron chi connectivity index (χ2n) is 8.28. The smallest absolute Gasteiger partial charge is 0.309 e. The van der Waals surface area contributed by atoms with E-state index in [4.69, 9.17) is 9.47 Å². The first kappa shape index (κ1) is 21.1. The van der Waals surface area contributed by atoms with Gasteiger partial charge in [-0.1, -0.05) is 12.1 Å². The molecule has 0 aromatic heterocycles. The number of amides is 2. The van der Waals surface area contributed by atoms with Crippen molar-refractivity contribution >= 4 is 17.5 Å². The minimum atomic E-state index is -0.596. The molecule has 1 aromatic rings. The molecule has 1 aromatic carbocycles. The molecule has 0 spiro atoms. The van der Waals surface area contributed by atoms with Crippen LogP contribution in [0.15, 0.2) is 18.2 Å². The number of nitrogens with zero attached hydrogens (tertiary/aromatic N) is 2. The zero-order chi connectivity index (χ0) is 20.9. The molecule has 4 rings (SSSR count). The van der Waals surface area contributed by atoms with E-state index in [2.05, 4.69) is 45.7 Å². The highest BCUT2D eigenvalue weighted by Gasteiger charge is 2.27. The first-order chi connectivity index (χ1) is 14.6. The van der Waals surface area contributed by atoms with Gasteiger partial charge in [-0.15, -0.1) is 0 Å². The summed E-state index contributed by atoms with van der Waals surface area (Å²) in [7, 11) is 2.11. The number of carbonyl (C=O) groups excluding carboxylic acids is 2. The number of benzene rings is 1. The zero-order valence-electron chi connectivity index (χ0n) is 17.7. The third kappa shape index (κ3) is 4.94. The van der Waals surface area contributed by atoms with Crippen LogP contribution in [0.3, 0.4) is 0 Å². The Kier molecular flexibility index (Phi) is 6.86. The molecule has 0 saturated carbocycles. The zero-order valence-corrected chi connectivity index (χ0v) is 17.7. The summed E-state index contributed by atoms with van der Waals surface area (Å²) in [4.78, 5) is 29.2. The van der Waals surface area contributed by atoms with Gasteiger partial charge in [-0.25, -0.2) is 0 Å². The summed E-state index contributed by atoms with van der Waals surface area (Å²) in [5.41, 5.74) is 3.79. The highest BCUT2D eigenvalue weighted by Crippen LogP contribution is 2.31. The molecule has 2 fully saturated rings. The first-order valence-corrected chi connectivity index (χ1v) is 10.9. The summed E-state index contributed by atoms with van der Waals surface area (Å²) in [6.45, 7) is 5.51. The second kappa shape index (κ2) is 9.76. The average molecular weight is 417 g/mol. The summed E-state index contributed by atoms with van der Waals surface area (Å²) in [6, 6.07) is 6.58. The van der Waals surface area contributed by atoms with Crippen LogP contribution in [0.25, 0.3) is 0 Å². The number of rotatable bonds is 6. The topological polar surface area (TPSA) is 83.1 Å². The van der Waals surface area contributed by atoms with Crippen molar-refractivity contribution < 1.29 is 19.1 Å².